The lowest BCUT2D eigenvalue weighted by atomic mass is 9.93. The first-order valence-electron chi connectivity index (χ1n) is 8.43. The van der Waals surface area contributed by atoms with Crippen LogP contribution in [-0.4, -0.2) is 24.3 Å². The van der Waals surface area contributed by atoms with Gasteiger partial charge in [0, 0.05) is 30.1 Å². The predicted molar refractivity (Wildman–Crippen MR) is 97.8 cm³/mol. The number of aromatic nitrogens is 3. The van der Waals surface area contributed by atoms with Crippen LogP contribution < -0.4 is 5.69 Å². The Bertz CT molecular complexity index is 1230. The number of hydrogen-bond donors (Lipinski definition) is 3. The number of phenols is 1. The molecule has 1 aliphatic heterocycles. The van der Waals surface area contributed by atoms with E-state index in [0.717, 1.165) is 27.7 Å². The fourth-order valence-corrected chi connectivity index (χ4v) is 4.05. The molecule has 1 atom stereocenters. The molecular formula is C20H17N3O3. The molecule has 1 unspecified atom stereocenters. The highest BCUT2D eigenvalue weighted by Crippen LogP contribution is 2.40. The topological polar surface area (TPSA) is 83.2 Å². The van der Waals surface area contributed by atoms with Crippen LogP contribution in [0.2, 0.25) is 0 Å². The summed E-state index contributed by atoms with van der Waals surface area (Å²) in [5.74, 6) is 0.122. The van der Waals surface area contributed by atoms with Crippen molar-refractivity contribution in [1.29, 1.82) is 0 Å². The molecule has 0 spiro atoms. The van der Waals surface area contributed by atoms with Crippen molar-refractivity contribution in [2.45, 2.75) is 12.5 Å². The van der Waals surface area contributed by atoms with Crippen molar-refractivity contribution >= 4 is 10.9 Å². The van der Waals surface area contributed by atoms with Crippen LogP contribution in [0, 0.1) is 0 Å². The van der Waals surface area contributed by atoms with E-state index < -0.39 is 6.04 Å². The molecule has 2 aromatic carbocycles. The first-order valence-corrected chi connectivity index (χ1v) is 8.43. The van der Waals surface area contributed by atoms with Crippen molar-refractivity contribution in [1.82, 2.24) is 14.1 Å². The molecule has 1 aliphatic rings. The zero-order chi connectivity index (χ0) is 18.0. The van der Waals surface area contributed by atoms with E-state index in [1.54, 1.807) is 29.8 Å². The number of fused-ring (bicyclic) bond motifs is 4. The van der Waals surface area contributed by atoms with Gasteiger partial charge in [-0.15, -0.1) is 0 Å². The summed E-state index contributed by atoms with van der Waals surface area (Å²) in [4.78, 5) is 16.3. The maximum Gasteiger partial charge on any atom is 0.331 e. The molecule has 5 rings (SSSR count). The molecule has 0 radical (unpaired) electrons. The number of aromatic amines is 1. The lowest BCUT2D eigenvalue weighted by molar-refractivity contribution is 0.423. The van der Waals surface area contributed by atoms with Gasteiger partial charge in [0.1, 0.15) is 11.8 Å². The highest BCUT2D eigenvalue weighted by Gasteiger charge is 2.34. The summed E-state index contributed by atoms with van der Waals surface area (Å²) in [5.41, 5.74) is 4.06. The largest absolute Gasteiger partial charge is 0.508 e. The molecule has 2 aromatic heterocycles. The van der Waals surface area contributed by atoms with Crippen molar-refractivity contribution in [2.75, 3.05) is 0 Å². The van der Waals surface area contributed by atoms with Crippen LogP contribution in [0.4, 0.5) is 0 Å². The summed E-state index contributed by atoms with van der Waals surface area (Å²) >= 11 is 0. The Labute approximate surface area is 148 Å². The lowest BCUT2D eigenvalue weighted by Gasteiger charge is -2.26. The molecule has 6 heteroatoms. The smallest absolute Gasteiger partial charge is 0.331 e. The highest BCUT2D eigenvalue weighted by molar-refractivity contribution is 5.86. The van der Waals surface area contributed by atoms with Crippen LogP contribution in [0.3, 0.4) is 0 Å². The first kappa shape index (κ1) is 14.9. The fraction of sp³-hybridized carbons (Fsp3) is 0.150. The second-order valence-electron chi connectivity index (χ2n) is 6.72. The Hall–Kier alpha value is -3.41. The normalized spacial score (nSPS) is 15.8. The number of hydrogen-bond acceptors (Lipinski definition) is 3. The number of aromatic hydroxyl groups is 2. The van der Waals surface area contributed by atoms with Gasteiger partial charge in [-0.1, -0.05) is 30.3 Å². The fourth-order valence-electron chi connectivity index (χ4n) is 4.05. The third-order valence-corrected chi connectivity index (χ3v) is 5.27. The van der Waals surface area contributed by atoms with E-state index in [1.807, 2.05) is 30.3 Å². The van der Waals surface area contributed by atoms with Crippen LogP contribution in [0.15, 0.2) is 53.3 Å². The van der Waals surface area contributed by atoms with E-state index in [0.29, 0.717) is 12.1 Å². The Morgan fingerprint density at radius 3 is 2.73 bits per heavy atom. The number of rotatable bonds is 1. The predicted octanol–water partition coefficient (Wildman–Crippen LogP) is 2.62. The summed E-state index contributed by atoms with van der Waals surface area (Å²) < 4.78 is 2.88. The minimum Gasteiger partial charge on any atom is -0.508 e. The molecule has 4 aromatic rings. The highest BCUT2D eigenvalue weighted by atomic mass is 16.3. The van der Waals surface area contributed by atoms with Gasteiger partial charge in [-0.05, 0) is 29.3 Å². The number of nitrogens with one attached hydrogen (secondary N) is 1. The van der Waals surface area contributed by atoms with Crippen molar-refractivity contribution in [2.24, 2.45) is 7.05 Å². The second-order valence-corrected chi connectivity index (χ2v) is 6.72. The van der Waals surface area contributed by atoms with E-state index in [4.69, 9.17) is 0 Å². The van der Waals surface area contributed by atoms with Gasteiger partial charge in [-0.3, -0.25) is 9.13 Å². The Kier molecular flexibility index (Phi) is 2.89. The zero-order valence-corrected chi connectivity index (χ0v) is 14.1. The van der Waals surface area contributed by atoms with E-state index in [1.165, 1.54) is 4.57 Å². The second kappa shape index (κ2) is 5.05. The summed E-state index contributed by atoms with van der Waals surface area (Å²) in [6.45, 7) is 0. The third kappa shape index (κ3) is 1.84. The minimum atomic E-state index is -0.437. The molecule has 0 fully saturated rings. The van der Waals surface area contributed by atoms with E-state index >= 15 is 0 Å². The van der Waals surface area contributed by atoms with Crippen LogP contribution in [0.25, 0.3) is 10.9 Å². The van der Waals surface area contributed by atoms with Crippen molar-refractivity contribution in [3.05, 3.63) is 81.5 Å². The SMILES string of the molecule is Cn1c(O)c2n(c1=O)C(c1cccc(O)c1)c1[nH]c3ccccc3c1C2. The molecule has 26 heavy (non-hydrogen) atoms. The van der Waals surface area contributed by atoms with Crippen LogP contribution >= 0.6 is 0 Å². The number of imidazole rings is 1. The van der Waals surface area contributed by atoms with Crippen molar-refractivity contribution in [3.63, 3.8) is 0 Å². The summed E-state index contributed by atoms with van der Waals surface area (Å²) in [7, 11) is 1.56. The molecule has 3 N–H and O–H groups in total. The van der Waals surface area contributed by atoms with Crippen LogP contribution in [-0.2, 0) is 13.5 Å². The molecule has 0 amide bonds. The molecule has 130 valence electrons. The van der Waals surface area contributed by atoms with Gasteiger partial charge in [-0.25, -0.2) is 4.79 Å². The number of phenolic OH excluding ortho intramolecular Hbond substituents is 1. The number of para-hydroxylation sites is 1. The van der Waals surface area contributed by atoms with Crippen molar-refractivity contribution < 1.29 is 10.2 Å². The van der Waals surface area contributed by atoms with Crippen LogP contribution in [0.1, 0.15) is 28.6 Å². The minimum absolute atomic E-state index is 0.0175. The van der Waals surface area contributed by atoms with Gasteiger partial charge in [0.15, 0.2) is 0 Å². The van der Waals surface area contributed by atoms with Gasteiger partial charge in [0.25, 0.3) is 0 Å². The first-order chi connectivity index (χ1) is 12.6. The standard InChI is InChI=1S/C20H17N3O3/c1-22-19(25)16-10-14-13-7-2-3-8-15(13)21-17(14)18(23(16)20(22)26)11-5-4-6-12(24)9-11/h2-9,18,21,24-25H,10H2,1H3. The monoisotopic (exact) mass is 347 g/mol. The van der Waals surface area contributed by atoms with E-state index in [-0.39, 0.29) is 17.3 Å². The number of nitrogens with zero attached hydrogens (tertiary/aromatic N) is 2. The molecule has 0 bridgehead atoms. The number of benzene rings is 2. The molecular weight excluding hydrogens is 330 g/mol. The van der Waals surface area contributed by atoms with Gasteiger partial charge in [0.05, 0.1) is 5.69 Å². The number of H-pyrrole nitrogens is 1. The lowest BCUT2D eigenvalue weighted by Crippen LogP contribution is -2.31. The van der Waals surface area contributed by atoms with Gasteiger partial charge in [-0.2, -0.15) is 0 Å². The van der Waals surface area contributed by atoms with Gasteiger partial charge >= 0.3 is 5.69 Å². The maximum atomic E-state index is 12.8. The molecule has 0 saturated carbocycles. The van der Waals surface area contributed by atoms with Gasteiger partial charge < -0.3 is 15.2 Å². The summed E-state index contributed by atoms with van der Waals surface area (Å²) in [5, 5.41) is 21.5. The molecule has 3 heterocycles. The summed E-state index contributed by atoms with van der Waals surface area (Å²) in [6.07, 6.45) is 0.469. The molecule has 0 saturated heterocycles. The quantitative estimate of drug-likeness (QED) is 0.436. The van der Waals surface area contributed by atoms with Gasteiger partial charge in [0.2, 0.25) is 5.88 Å². The average Bonchev–Trinajstić information content (AvgIpc) is 3.12. The van der Waals surface area contributed by atoms with Crippen molar-refractivity contribution in [3.8, 4) is 11.6 Å². The Balaban J connectivity index is 1.89. The maximum absolute atomic E-state index is 12.8. The third-order valence-electron chi connectivity index (χ3n) is 5.27. The average molecular weight is 347 g/mol. The molecule has 6 nitrogen and oxygen atoms in total. The summed E-state index contributed by atoms with van der Waals surface area (Å²) in [6, 6.07) is 14.4. The molecule has 0 aliphatic carbocycles. The van der Waals surface area contributed by atoms with Crippen LogP contribution in [0.5, 0.6) is 11.6 Å². The van der Waals surface area contributed by atoms with E-state index in [9.17, 15) is 15.0 Å². The zero-order valence-electron chi connectivity index (χ0n) is 14.1. The Morgan fingerprint density at radius 1 is 1.12 bits per heavy atom. The van der Waals surface area contributed by atoms with E-state index in [2.05, 4.69) is 4.98 Å². The Morgan fingerprint density at radius 2 is 1.92 bits per heavy atom.